The summed E-state index contributed by atoms with van der Waals surface area (Å²) < 4.78 is 1.97. The first-order valence-electron chi connectivity index (χ1n) is 12.0. The molecule has 10 heteroatoms. The summed E-state index contributed by atoms with van der Waals surface area (Å²) in [5, 5.41) is 17.6. The van der Waals surface area contributed by atoms with Gasteiger partial charge in [-0.25, -0.2) is 14.8 Å². The molecule has 34 heavy (non-hydrogen) atoms. The molecule has 0 aliphatic carbocycles. The Morgan fingerprint density at radius 1 is 1.26 bits per heavy atom. The summed E-state index contributed by atoms with van der Waals surface area (Å²) in [6.45, 7) is 8.65. The second-order valence-electron chi connectivity index (χ2n) is 9.22. The highest BCUT2D eigenvalue weighted by atomic mass is 16.2. The van der Waals surface area contributed by atoms with Gasteiger partial charge in [0.15, 0.2) is 0 Å². The molecule has 1 fully saturated rings. The summed E-state index contributed by atoms with van der Waals surface area (Å²) in [5.41, 5.74) is 2.62. The number of fused-ring (bicyclic) bond motifs is 1. The lowest BCUT2D eigenvalue weighted by molar-refractivity contribution is 0.0933. The van der Waals surface area contributed by atoms with Gasteiger partial charge in [-0.05, 0) is 24.8 Å². The van der Waals surface area contributed by atoms with Gasteiger partial charge in [0.25, 0.3) is 0 Å². The molecular formula is C24H33N9O. The van der Waals surface area contributed by atoms with Crippen LogP contribution in [-0.2, 0) is 6.54 Å². The minimum absolute atomic E-state index is 0.0204. The van der Waals surface area contributed by atoms with Crippen molar-refractivity contribution in [1.82, 2.24) is 39.8 Å². The number of urea groups is 1. The first-order valence-corrected chi connectivity index (χ1v) is 12.0. The van der Waals surface area contributed by atoms with Gasteiger partial charge in [0.1, 0.15) is 12.0 Å². The van der Waals surface area contributed by atoms with E-state index in [9.17, 15) is 4.79 Å². The minimum atomic E-state index is 0.0204. The highest BCUT2D eigenvalue weighted by molar-refractivity contribution is 5.89. The Morgan fingerprint density at radius 3 is 2.85 bits per heavy atom. The van der Waals surface area contributed by atoms with Crippen LogP contribution < -0.4 is 5.32 Å². The predicted octanol–water partition coefficient (Wildman–Crippen LogP) is 2.87. The summed E-state index contributed by atoms with van der Waals surface area (Å²) >= 11 is 0. The van der Waals surface area contributed by atoms with Crippen molar-refractivity contribution in [3.8, 4) is 17.3 Å². The van der Waals surface area contributed by atoms with E-state index in [1.165, 1.54) is 0 Å². The van der Waals surface area contributed by atoms with Crippen molar-refractivity contribution >= 4 is 17.1 Å². The lowest BCUT2D eigenvalue weighted by Crippen LogP contribution is -2.55. The van der Waals surface area contributed by atoms with Gasteiger partial charge in [-0.15, -0.1) is 0 Å². The number of aromatic nitrogens is 5. The standard InChI is InChI=1S/C24H33N9O/c1-18(2)13-27-24(34)32-11-9-31(10-12-32)20(5-3-4-7-25)16-33-15-19(14-30-33)22-21-6-8-26-23(21)29-17-28-22/h6,8,14-15,17-18,20H,3-5,9-13,16H2,1-2H3,(H,27,34)(H,26,28,29)/t20-/m0/s1. The molecule has 1 atom stereocenters. The number of amides is 2. The molecule has 1 aliphatic rings. The SMILES string of the molecule is CC(C)CNC(=O)N1CCN([C@@H](CCCC#N)Cn2cc(-c3ncnc4[nH]ccc34)cn2)CC1. The van der Waals surface area contributed by atoms with Crippen molar-refractivity contribution in [2.75, 3.05) is 32.7 Å². The van der Waals surface area contributed by atoms with E-state index in [2.05, 4.69) is 50.2 Å². The summed E-state index contributed by atoms with van der Waals surface area (Å²) in [5.74, 6) is 0.435. The third-order valence-electron chi connectivity index (χ3n) is 6.26. The average molecular weight is 464 g/mol. The lowest BCUT2D eigenvalue weighted by atomic mass is 10.1. The highest BCUT2D eigenvalue weighted by Gasteiger charge is 2.26. The maximum absolute atomic E-state index is 12.4. The molecule has 0 bridgehead atoms. The number of rotatable bonds is 9. The third-order valence-corrected chi connectivity index (χ3v) is 6.26. The molecule has 2 N–H and O–H groups in total. The first kappa shape index (κ1) is 23.7. The van der Waals surface area contributed by atoms with Crippen LogP contribution in [0.3, 0.4) is 0 Å². The second kappa shape index (κ2) is 11.1. The molecule has 4 heterocycles. The molecule has 0 aromatic carbocycles. The summed E-state index contributed by atoms with van der Waals surface area (Å²) in [6, 6.07) is 4.50. The fourth-order valence-corrected chi connectivity index (χ4v) is 4.40. The number of carbonyl (C=O) groups excluding carboxylic acids is 1. The van der Waals surface area contributed by atoms with Gasteiger partial charge in [-0.2, -0.15) is 10.4 Å². The molecule has 0 spiro atoms. The van der Waals surface area contributed by atoms with Crippen molar-refractivity contribution in [2.45, 2.75) is 45.7 Å². The normalized spacial score (nSPS) is 15.5. The Kier molecular flexibility index (Phi) is 7.75. The molecule has 1 saturated heterocycles. The van der Waals surface area contributed by atoms with Crippen LogP contribution in [0.2, 0.25) is 0 Å². The third kappa shape index (κ3) is 5.72. The molecule has 0 unspecified atom stereocenters. The summed E-state index contributed by atoms with van der Waals surface area (Å²) in [7, 11) is 0. The van der Waals surface area contributed by atoms with Crippen molar-refractivity contribution in [3.63, 3.8) is 0 Å². The van der Waals surface area contributed by atoms with E-state index >= 15 is 0 Å². The van der Waals surface area contributed by atoms with E-state index in [0.29, 0.717) is 32.0 Å². The quantitative estimate of drug-likeness (QED) is 0.471. The Hall–Kier alpha value is -3.45. The van der Waals surface area contributed by atoms with Crippen LogP contribution in [0, 0.1) is 17.2 Å². The maximum atomic E-state index is 12.4. The molecule has 180 valence electrons. The van der Waals surface area contributed by atoms with Gasteiger partial charge < -0.3 is 15.2 Å². The van der Waals surface area contributed by atoms with Crippen LogP contribution in [0.15, 0.2) is 31.0 Å². The van der Waals surface area contributed by atoms with Crippen molar-refractivity contribution in [1.29, 1.82) is 5.26 Å². The number of hydrogen-bond acceptors (Lipinski definition) is 6. The van der Waals surface area contributed by atoms with Crippen LogP contribution in [0.5, 0.6) is 0 Å². The molecule has 3 aromatic heterocycles. The van der Waals surface area contributed by atoms with E-state index in [-0.39, 0.29) is 12.1 Å². The zero-order valence-electron chi connectivity index (χ0n) is 19.9. The van der Waals surface area contributed by atoms with Crippen molar-refractivity contribution in [2.24, 2.45) is 5.92 Å². The van der Waals surface area contributed by atoms with Gasteiger partial charge in [0.2, 0.25) is 0 Å². The van der Waals surface area contributed by atoms with E-state index in [4.69, 9.17) is 5.26 Å². The minimum Gasteiger partial charge on any atom is -0.346 e. The molecule has 0 radical (unpaired) electrons. The lowest BCUT2D eigenvalue weighted by Gasteiger charge is -2.39. The fraction of sp³-hybridized carbons (Fsp3) is 0.542. The van der Waals surface area contributed by atoms with Gasteiger partial charge in [-0.1, -0.05) is 13.8 Å². The monoisotopic (exact) mass is 463 g/mol. The van der Waals surface area contributed by atoms with Gasteiger partial charge in [0.05, 0.1) is 24.5 Å². The van der Waals surface area contributed by atoms with Crippen molar-refractivity contribution < 1.29 is 4.79 Å². The van der Waals surface area contributed by atoms with Gasteiger partial charge >= 0.3 is 6.03 Å². The molecule has 0 saturated carbocycles. The number of carbonyl (C=O) groups is 1. The Bertz CT molecular complexity index is 1120. The second-order valence-corrected chi connectivity index (χ2v) is 9.22. The number of nitrogens with zero attached hydrogens (tertiary/aromatic N) is 7. The molecule has 3 aromatic rings. The number of H-pyrrole nitrogens is 1. The van der Waals surface area contributed by atoms with Crippen LogP contribution in [0.25, 0.3) is 22.3 Å². The van der Waals surface area contributed by atoms with Crippen LogP contribution in [0.4, 0.5) is 4.79 Å². The predicted molar refractivity (Wildman–Crippen MR) is 130 cm³/mol. The number of nitriles is 1. The first-order chi connectivity index (χ1) is 16.5. The largest absolute Gasteiger partial charge is 0.346 e. The molecule has 10 nitrogen and oxygen atoms in total. The van der Waals surface area contributed by atoms with Crippen LogP contribution in [0.1, 0.15) is 33.1 Å². The molecule has 1 aliphatic heterocycles. The van der Waals surface area contributed by atoms with E-state index in [1.54, 1.807) is 6.33 Å². The number of nitrogens with one attached hydrogen (secondary N) is 2. The van der Waals surface area contributed by atoms with Gasteiger partial charge in [0, 0.05) is 68.5 Å². The van der Waals surface area contributed by atoms with E-state index in [0.717, 1.165) is 54.8 Å². The molecule has 2 amide bonds. The topological polar surface area (TPSA) is 119 Å². The number of hydrogen-bond donors (Lipinski definition) is 2. The zero-order valence-corrected chi connectivity index (χ0v) is 19.9. The summed E-state index contributed by atoms with van der Waals surface area (Å²) in [6.07, 6.45) is 9.61. The Labute approximate surface area is 200 Å². The average Bonchev–Trinajstić information content (AvgIpc) is 3.51. The Morgan fingerprint density at radius 2 is 2.09 bits per heavy atom. The fourth-order valence-electron chi connectivity index (χ4n) is 4.40. The van der Waals surface area contributed by atoms with E-state index in [1.807, 2.05) is 34.2 Å². The molecular weight excluding hydrogens is 430 g/mol. The van der Waals surface area contributed by atoms with E-state index < -0.39 is 0 Å². The number of piperazine rings is 1. The number of unbranched alkanes of at least 4 members (excludes halogenated alkanes) is 1. The van der Waals surface area contributed by atoms with Crippen LogP contribution in [-0.4, -0.2) is 79.3 Å². The summed E-state index contributed by atoms with van der Waals surface area (Å²) in [4.78, 5) is 28.6. The van der Waals surface area contributed by atoms with Crippen molar-refractivity contribution in [3.05, 3.63) is 31.0 Å². The Balaban J connectivity index is 1.41. The van der Waals surface area contributed by atoms with Crippen LogP contribution >= 0.6 is 0 Å². The molecule has 4 rings (SSSR count). The van der Waals surface area contributed by atoms with Gasteiger partial charge in [-0.3, -0.25) is 9.58 Å². The zero-order chi connectivity index (χ0) is 23.9. The highest BCUT2D eigenvalue weighted by Crippen LogP contribution is 2.24. The number of aromatic amines is 1. The maximum Gasteiger partial charge on any atom is 0.317 e. The smallest absolute Gasteiger partial charge is 0.317 e.